The summed E-state index contributed by atoms with van der Waals surface area (Å²) in [6.07, 6.45) is 2.28. The van der Waals surface area contributed by atoms with Gasteiger partial charge >= 0.3 is 0 Å². The second kappa shape index (κ2) is 8.90. The van der Waals surface area contributed by atoms with Crippen molar-refractivity contribution in [2.45, 2.75) is 32.8 Å². The van der Waals surface area contributed by atoms with Gasteiger partial charge in [-0.15, -0.1) is 0 Å². The van der Waals surface area contributed by atoms with Crippen LogP contribution >= 0.6 is 0 Å². The maximum atomic E-state index is 5.82. The van der Waals surface area contributed by atoms with E-state index in [1.807, 2.05) is 24.3 Å². The number of ether oxygens (including phenoxy) is 3. The summed E-state index contributed by atoms with van der Waals surface area (Å²) in [5.41, 5.74) is 0. The van der Waals surface area contributed by atoms with Crippen LogP contribution in [0.3, 0.4) is 0 Å². The van der Waals surface area contributed by atoms with Crippen molar-refractivity contribution in [2.75, 3.05) is 39.5 Å². The molecule has 1 aliphatic heterocycles. The molecule has 1 atom stereocenters. The molecule has 1 saturated heterocycles. The number of rotatable bonds is 8. The van der Waals surface area contributed by atoms with Gasteiger partial charge in [-0.25, -0.2) is 0 Å². The van der Waals surface area contributed by atoms with E-state index in [-0.39, 0.29) is 6.10 Å². The zero-order valence-corrected chi connectivity index (χ0v) is 13.2. The molecule has 0 N–H and O–H groups in total. The summed E-state index contributed by atoms with van der Waals surface area (Å²) in [7, 11) is 0. The Morgan fingerprint density at radius 3 is 2.76 bits per heavy atom. The lowest BCUT2D eigenvalue weighted by molar-refractivity contribution is 0.0358. The Kier molecular flexibility index (Phi) is 6.83. The second-order valence-corrected chi connectivity index (χ2v) is 5.47. The standard InChI is InChI=1S/C17H27NO3/c1-3-15(2)21-17-7-4-6-16(14-17)20-11-5-8-18-9-12-19-13-10-18/h4,6-7,14-15H,3,5,8-13H2,1-2H3/t15-/m1/s1. The average molecular weight is 293 g/mol. The molecule has 0 saturated carbocycles. The Balaban J connectivity index is 1.68. The van der Waals surface area contributed by atoms with Crippen LogP contribution in [0, 0.1) is 0 Å². The third-order valence-electron chi connectivity index (χ3n) is 3.71. The van der Waals surface area contributed by atoms with E-state index in [1.165, 1.54) is 0 Å². The topological polar surface area (TPSA) is 30.9 Å². The van der Waals surface area contributed by atoms with Crippen LogP contribution in [0.5, 0.6) is 11.5 Å². The van der Waals surface area contributed by atoms with E-state index in [2.05, 4.69) is 18.7 Å². The van der Waals surface area contributed by atoms with Crippen LogP contribution in [0.25, 0.3) is 0 Å². The maximum absolute atomic E-state index is 5.82. The van der Waals surface area contributed by atoms with E-state index in [1.54, 1.807) is 0 Å². The summed E-state index contributed by atoms with van der Waals surface area (Å²) in [6, 6.07) is 7.92. The van der Waals surface area contributed by atoms with Gasteiger partial charge in [0.05, 0.1) is 25.9 Å². The molecule has 0 amide bonds. The van der Waals surface area contributed by atoms with E-state index in [0.29, 0.717) is 0 Å². The molecule has 4 nitrogen and oxygen atoms in total. The van der Waals surface area contributed by atoms with E-state index < -0.39 is 0 Å². The van der Waals surface area contributed by atoms with Crippen LogP contribution in [-0.4, -0.2) is 50.5 Å². The molecular weight excluding hydrogens is 266 g/mol. The highest BCUT2D eigenvalue weighted by Crippen LogP contribution is 2.21. The minimum atomic E-state index is 0.238. The first-order valence-electron chi connectivity index (χ1n) is 7.97. The molecule has 1 fully saturated rings. The van der Waals surface area contributed by atoms with Crippen molar-refractivity contribution in [1.29, 1.82) is 0 Å². The van der Waals surface area contributed by atoms with Crippen LogP contribution in [0.2, 0.25) is 0 Å². The summed E-state index contributed by atoms with van der Waals surface area (Å²) < 4.78 is 17.0. The Labute approximate surface area is 128 Å². The van der Waals surface area contributed by atoms with Crippen molar-refractivity contribution in [2.24, 2.45) is 0 Å². The van der Waals surface area contributed by atoms with Gasteiger partial charge in [0, 0.05) is 25.7 Å². The number of morpholine rings is 1. The lowest BCUT2D eigenvalue weighted by atomic mass is 10.3. The van der Waals surface area contributed by atoms with E-state index in [9.17, 15) is 0 Å². The van der Waals surface area contributed by atoms with Crippen LogP contribution in [0.4, 0.5) is 0 Å². The number of hydrogen-bond acceptors (Lipinski definition) is 4. The predicted octanol–water partition coefficient (Wildman–Crippen LogP) is 2.97. The quantitative estimate of drug-likeness (QED) is 0.690. The summed E-state index contributed by atoms with van der Waals surface area (Å²) in [6.45, 7) is 9.81. The van der Waals surface area contributed by atoms with Gasteiger partial charge < -0.3 is 14.2 Å². The Hall–Kier alpha value is -1.26. The number of benzene rings is 1. The summed E-state index contributed by atoms with van der Waals surface area (Å²) >= 11 is 0. The molecule has 118 valence electrons. The average Bonchev–Trinajstić information content (AvgIpc) is 2.53. The zero-order valence-electron chi connectivity index (χ0n) is 13.2. The molecule has 2 rings (SSSR count). The van der Waals surface area contributed by atoms with E-state index in [0.717, 1.165) is 63.8 Å². The first-order chi connectivity index (χ1) is 10.3. The Morgan fingerprint density at radius 1 is 1.24 bits per heavy atom. The first kappa shape index (κ1) is 16.1. The van der Waals surface area contributed by atoms with Gasteiger partial charge in [0.2, 0.25) is 0 Å². The van der Waals surface area contributed by atoms with Crippen molar-refractivity contribution in [3.8, 4) is 11.5 Å². The van der Waals surface area contributed by atoms with E-state index >= 15 is 0 Å². The van der Waals surface area contributed by atoms with Gasteiger partial charge in [0.25, 0.3) is 0 Å². The largest absolute Gasteiger partial charge is 0.493 e. The molecule has 1 aromatic carbocycles. The molecule has 21 heavy (non-hydrogen) atoms. The summed E-state index contributed by atoms with van der Waals surface area (Å²) in [5.74, 6) is 1.77. The van der Waals surface area contributed by atoms with Crippen LogP contribution in [0.15, 0.2) is 24.3 Å². The van der Waals surface area contributed by atoms with Crippen molar-refractivity contribution in [1.82, 2.24) is 4.90 Å². The van der Waals surface area contributed by atoms with Gasteiger partial charge in [0.1, 0.15) is 11.5 Å². The van der Waals surface area contributed by atoms with Crippen molar-refractivity contribution >= 4 is 0 Å². The van der Waals surface area contributed by atoms with Crippen LogP contribution in [-0.2, 0) is 4.74 Å². The molecule has 1 aliphatic rings. The summed E-state index contributed by atoms with van der Waals surface area (Å²) in [4.78, 5) is 2.43. The number of hydrogen-bond donors (Lipinski definition) is 0. The fourth-order valence-electron chi connectivity index (χ4n) is 2.26. The van der Waals surface area contributed by atoms with Gasteiger partial charge in [-0.1, -0.05) is 13.0 Å². The lowest BCUT2D eigenvalue weighted by Crippen LogP contribution is -2.37. The highest BCUT2D eigenvalue weighted by molar-refractivity contribution is 5.33. The SMILES string of the molecule is CC[C@@H](C)Oc1cccc(OCCCN2CCOCC2)c1. The minimum Gasteiger partial charge on any atom is -0.493 e. The highest BCUT2D eigenvalue weighted by atomic mass is 16.5. The fourth-order valence-corrected chi connectivity index (χ4v) is 2.26. The van der Waals surface area contributed by atoms with E-state index in [4.69, 9.17) is 14.2 Å². The van der Waals surface area contributed by atoms with Gasteiger partial charge in [0.15, 0.2) is 0 Å². The van der Waals surface area contributed by atoms with Crippen molar-refractivity contribution < 1.29 is 14.2 Å². The normalized spacial score (nSPS) is 17.4. The Morgan fingerprint density at radius 2 is 2.00 bits per heavy atom. The van der Waals surface area contributed by atoms with Crippen LogP contribution in [0.1, 0.15) is 26.7 Å². The lowest BCUT2D eigenvalue weighted by Gasteiger charge is -2.26. The van der Waals surface area contributed by atoms with Crippen molar-refractivity contribution in [3.05, 3.63) is 24.3 Å². The van der Waals surface area contributed by atoms with Crippen LogP contribution < -0.4 is 9.47 Å². The predicted molar refractivity (Wildman–Crippen MR) is 84.2 cm³/mol. The van der Waals surface area contributed by atoms with Crippen molar-refractivity contribution in [3.63, 3.8) is 0 Å². The van der Waals surface area contributed by atoms with Gasteiger partial charge in [-0.05, 0) is 31.9 Å². The molecule has 1 heterocycles. The molecule has 0 aliphatic carbocycles. The zero-order chi connectivity index (χ0) is 14.9. The second-order valence-electron chi connectivity index (χ2n) is 5.47. The fraction of sp³-hybridized carbons (Fsp3) is 0.647. The monoisotopic (exact) mass is 293 g/mol. The summed E-state index contributed by atoms with van der Waals surface area (Å²) in [5, 5.41) is 0. The minimum absolute atomic E-state index is 0.238. The highest BCUT2D eigenvalue weighted by Gasteiger charge is 2.09. The molecular formula is C17H27NO3. The van der Waals surface area contributed by atoms with Gasteiger partial charge in [-0.3, -0.25) is 4.90 Å². The maximum Gasteiger partial charge on any atom is 0.123 e. The smallest absolute Gasteiger partial charge is 0.123 e. The molecule has 0 radical (unpaired) electrons. The molecule has 1 aromatic rings. The third-order valence-corrected chi connectivity index (χ3v) is 3.71. The number of nitrogens with zero attached hydrogens (tertiary/aromatic N) is 1. The molecule has 0 unspecified atom stereocenters. The molecule has 0 bridgehead atoms. The first-order valence-corrected chi connectivity index (χ1v) is 7.97. The molecule has 4 heteroatoms. The molecule has 0 spiro atoms. The third kappa shape index (κ3) is 5.94. The Bertz CT molecular complexity index is 405. The van der Waals surface area contributed by atoms with Gasteiger partial charge in [-0.2, -0.15) is 0 Å². The molecule has 0 aromatic heterocycles.